The number of carbonyl (C=O) groups is 2. The number of aliphatic hydroxyl groups excluding tert-OH is 3. The highest BCUT2D eigenvalue weighted by Crippen LogP contribution is 2.53. The Hall–Kier alpha value is -3.31. The van der Waals surface area contributed by atoms with E-state index >= 15 is 0 Å². The van der Waals surface area contributed by atoms with E-state index < -0.39 is 100.0 Å². The molecule has 1 saturated carbocycles. The Morgan fingerprint density at radius 1 is 0.534 bits per heavy atom. The fourth-order valence-corrected chi connectivity index (χ4v) is 9.22. The molecule has 1 fully saturated rings. The fraction of sp³-hybridized carbons (Fsp3) is 0.644. The van der Waals surface area contributed by atoms with Crippen LogP contribution in [0.2, 0.25) is 0 Å². The zero-order valence-corrected chi connectivity index (χ0v) is 44.8. The lowest BCUT2D eigenvalue weighted by Gasteiger charge is -2.45. The number of hydrogen-bond donors (Lipinski definition) is 10. The highest BCUT2D eigenvalue weighted by Gasteiger charge is 2.59. The average molecular weight is 1160 g/mol. The van der Waals surface area contributed by atoms with Gasteiger partial charge in [0.05, 0.1) is 13.2 Å². The number of hydrogen-bond acceptors (Lipinski definition) is 17. The zero-order chi connectivity index (χ0) is 55.2. The molecular weight excluding hydrogens is 1060 g/mol. The maximum absolute atomic E-state index is 12.9. The monoisotopic (exact) mass is 1150 g/mol. The molecule has 73 heavy (non-hydrogen) atoms. The predicted octanol–water partition coefficient (Wildman–Crippen LogP) is 7.26. The van der Waals surface area contributed by atoms with Gasteiger partial charge in [-0.15, -0.1) is 0 Å². The summed E-state index contributed by atoms with van der Waals surface area (Å²) in [4.78, 5) is 89.5. The molecule has 23 nitrogen and oxygen atoms in total. The van der Waals surface area contributed by atoms with Crippen molar-refractivity contribution in [3.8, 4) is 82.2 Å². The van der Waals surface area contributed by atoms with Crippen molar-refractivity contribution < 1.29 is 128 Å². The van der Waals surface area contributed by atoms with Crippen molar-refractivity contribution in [1.29, 1.82) is 0 Å². The van der Waals surface area contributed by atoms with E-state index in [4.69, 9.17) is 23.6 Å². The Balaban J connectivity index is -0.000000110. The van der Waals surface area contributed by atoms with Gasteiger partial charge in [-0.2, -0.15) is 0 Å². The van der Waals surface area contributed by atoms with E-state index in [9.17, 15) is 72.3 Å². The molecule has 0 saturated heterocycles. The van der Waals surface area contributed by atoms with Gasteiger partial charge in [0.2, 0.25) is 5.12 Å². The van der Waals surface area contributed by atoms with E-state index in [1.54, 1.807) is 6.92 Å². The SMILES string of the molecule is CC#CC#CC#CC#CC#CC#CC#CSC(=O)CCC.CCCCCCCCCCCCCCCC(=O)O[C@H](COCO)COP(=O)(O)OC1C(O)[C@H](OP(=O)(O)O)C(OP(=O)(O)O)C(OP(=O)(O)O)[C@@H]1O.[HH].[HH].[HH].[HH].[HH].[HH].[HH].[HH].[HH].[HH].[HH].[HH].[HH]. The minimum absolute atomic E-state index is 0. The molecule has 1 aliphatic carbocycles. The molecule has 0 aromatic heterocycles. The van der Waals surface area contributed by atoms with Crippen LogP contribution in [0.25, 0.3) is 0 Å². The number of phosphoric ester groups is 4. The normalized spacial score (nSPS) is 19.2. The Kier molecular flexibility index (Phi) is 38.2. The van der Waals surface area contributed by atoms with E-state index in [1.165, 1.54) is 44.9 Å². The number of esters is 1. The number of rotatable bonds is 31. The van der Waals surface area contributed by atoms with Crippen LogP contribution >= 0.6 is 43.1 Å². The van der Waals surface area contributed by atoms with Gasteiger partial charge in [0.1, 0.15) is 49.5 Å². The quantitative estimate of drug-likeness (QED) is 0.0107. The minimum atomic E-state index is -5.75. The van der Waals surface area contributed by atoms with Crippen LogP contribution in [0.4, 0.5) is 0 Å². The highest BCUT2D eigenvalue weighted by molar-refractivity contribution is 8.17. The number of unbranched alkanes of at least 4 members (excludes halogenated alkanes) is 12. The molecule has 0 radical (unpaired) electrons. The molecule has 0 spiro atoms. The third kappa shape index (κ3) is 38.8. The zero-order valence-electron chi connectivity index (χ0n) is 40.5. The Morgan fingerprint density at radius 2 is 0.945 bits per heavy atom. The number of aliphatic hydroxyl groups is 3. The first-order valence-electron chi connectivity index (χ1n) is 22.6. The van der Waals surface area contributed by atoms with Crippen LogP contribution in [0, 0.1) is 82.2 Å². The van der Waals surface area contributed by atoms with Crippen LogP contribution < -0.4 is 0 Å². The van der Waals surface area contributed by atoms with Crippen molar-refractivity contribution in [3.63, 3.8) is 0 Å². The third-order valence-corrected chi connectivity index (χ3v) is 12.3. The van der Waals surface area contributed by atoms with Gasteiger partial charge in [0.15, 0.2) is 0 Å². The summed E-state index contributed by atoms with van der Waals surface area (Å²) in [6.07, 6.45) is -2.33. The Labute approximate surface area is 449 Å². The largest absolute Gasteiger partial charge is 0.472 e. The molecule has 28 heteroatoms. The summed E-state index contributed by atoms with van der Waals surface area (Å²) in [7, 11) is -22.8. The topological polar surface area (TPSA) is 369 Å². The molecule has 1 aliphatic rings. The number of thioether (sulfide) groups is 1. The maximum atomic E-state index is 12.9. The lowest BCUT2D eigenvalue weighted by atomic mass is 9.85. The summed E-state index contributed by atoms with van der Waals surface area (Å²) in [6.45, 7) is 3.46. The summed E-state index contributed by atoms with van der Waals surface area (Å²) >= 11 is 0.965. The van der Waals surface area contributed by atoms with Gasteiger partial charge in [0, 0.05) is 43.1 Å². The van der Waals surface area contributed by atoms with E-state index in [-0.39, 0.29) is 30.1 Å². The first-order valence-corrected chi connectivity index (χ1v) is 29.5. The molecule has 0 aromatic carbocycles. The van der Waals surface area contributed by atoms with Gasteiger partial charge < -0.3 is 59.0 Å². The molecule has 0 aromatic rings. The van der Waals surface area contributed by atoms with Crippen LogP contribution in [-0.2, 0) is 59.9 Å². The Morgan fingerprint density at radius 3 is 1.36 bits per heavy atom. The summed E-state index contributed by atoms with van der Waals surface area (Å²) < 4.78 is 79.8. The lowest BCUT2D eigenvalue weighted by molar-refractivity contribution is -0.209. The van der Waals surface area contributed by atoms with Crippen LogP contribution in [-0.4, -0.2) is 123 Å². The molecule has 0 bridgehead atoms. The van der Waals surface area contributed by atoms with Gasteiger partial charge in [-0.05, 0) is 96.1 Å². The minimum Gasteiger partial charge on any atom is -0.457 e. The van der Waals surface area contributed by atoms with Crippen LogP contribution in [0.15, 0.2) is 0 Å². The molecule has 5 unspecified atom stereocenters. The molecule has 0 heterocycles. The molecule has 8 atom stereocenters. The molecule has 434 valence electrons. The summed E-state index contributed by atoms with van der Waals surface area (Å²) in [5, 5.41) is 33.1. The van der Waals surface area contributed by atoms with Crippen molar-refractivity contribution in [2.45, 2.75) is 166 Å². The summed E-state index contributed by atoms with van der Waals surface area (Å²) in [5.74, 6) is 32.1. The average Bonchev–Trinajstić information content (AvgIpc) is 3.29. The third-order valence-electron chi connectivity index (χ3n) is 9.11. The van der Waals surface area contributed by atoms with Crippen molar-refractivity contribution in [2.75, 3.05) is 20.0 Å². The smallest absolute Gasteiger partial charge is 0.457 e. The Bertz CT molecular complexity index is 2350. The predicted molar refractivity (Wildman–Crippen MR) is 292 cm³/mol. The molecule has 1 rings (SSSR count). The van der Waals surface area contributed by atoms with E-state index in [2.05, 4.69) is 103 Å². The van der Waals surface area contributed by atoms with Gasteiger partial charge in [-0.3, -0.25) is 32.2 Å². The number of ether oxygens (including phenoxy) is 2. The van der Waals surface area contributed by atoms with Gasteiger partial charge >= 0.3 is 37.3 Å². The van der Waals surface area contributed by atoms with Crippen molar-refractivity contribution in [2.24, 2.45) is 0 Å². The number of carbonyl (C=O) groups excluding carboxylic acids is 2. The number of phosphoric acid groups is 4. The van der Waals surface area contributed by atoms with Crippen molar-refractivity contribution in [3.05, 3.63) is 0 Å². The van der Waals surface area contributed by atoms with E-state index in [0.29, 0.717) is 12.8 Å². The molecule has 0 amide bonds. The lowest BCUT2D eigenvalue weighted by Crippen LogP contribution is -2.65. The van der Waals surface area contributed by atoms with Gasteiger partial charge in [-0.25, -0.2) is 18.3 Å². The van der Waals surface area contributed by atoms with Crippen molar-refractivity contribution >= 4 is 54.1 Å². The second kappa shape index (κ2) is 40.0. The first kappa shape index (κ1) is 69.7. The van der Waals surface area contributed by atoms with E-state index in [0.717, 1.165) is 50.3 Å². The summed E-state index contributed by atoms with van der Waals surface area (Å²) in [6, 6.07) is 0. The second-order valence-corrected chi connectivity index (χ2v) is 21.0. The fourth-order valence-electron chi connectivity index (χ4n) is 6.05. The molecule has 10 N–H and O–H groups in total. The van der Waals surface area contributed by atoms with Crippen LogP contribution in [0.1, 0.15) is 142 Å². The van der Waals surface area contributed by atoms with Gasteiger partial charge in [0.25, 0.3) is 0 Å². The van der Waals surface area contributed by atoms with Crippen molar-refractivity contribution in [1.82, 2.24) is 0 Å². The molecular formula is C45H90O23P4S. The first-order chi connectivity index (χ1) is 34.4. The van der Waals surface area contributed by atoms with Crippen LogP contribution in [0.5, 0.6) is 0 Å². The molecule has 0 aliphatic heterocycles. The van der Waals surface area contributed by atoms with Gasteiger partial charge in [-0.1, -0.05) is 96.8 Å². The highest BCUT2D eigenvalue weighted by atomic mass is 32.2. The maximum Gasteiger partial charge on any atom is 0.472 e. The second-order valence-electron chi connectivity index (χ2n) is 15.2. The summed E-state index contributed by atoms with van der Waals surface area (Å²) in [5.41, 5.74) is 0. The van der Waals surface area contributed by atoms with E-state index in [1.807, 2.05) is 6.92 Å². The standard InChI is InChI=1S/C26H54O22P4.C19H10OS.13H2/c1-2-3-4-5-6-7-8-9-10-11-12-13-14-15-20(28)44-19(16-42-18-27)17-43-52(40,41)48-23-21(29)24(45-49(31,32)33)26(47-51(37,38)39)25(22(23)30)46-50(34,35)36;1-3-5-6-7-8-9-10-11-12-13-14-15-16-18-21-19(20)17-4-2;;;;;;;;;;;;;/h19,21-27,29-30H,2-18H2,1H3,(H,40,41)(H2,31,32,33)(H2,34,35,36)(H2,37,38,39);4,17H2,1-2H3;13*1H/t19-,21-,22?,23?,24?,25+,26?;;;;;;;;;;;;;;/m1............../s1. The van der Waals surface area contributed by atoms with Crippen LogP contribution in [0.3, 0.4) is 0 Å².